The standard InChI is InChI=1S/C32H48N6O4/c1-9-24-25(31(39)33-19-27-29(42-8)17-21(3)35-32(27)40)18-28-26(20-34-36(28)4)30(24)37(10-2)22-11-13-23(14-12-22)38(5,6)15-16-41-7/h17-18,20,22-23H,9-16,19H2,1-8H3,(H-,33,35,39,40)/p+1. The van der Waals surface area contributed by atoms with Crippen molar-refractivity contribution in [3.63, 3.8) is 0 Å². The Labute approximate surface area is 249 Å². The molecule has 2 N–H and O–H groups in total. The van der Waals surface area contributed by atoms with Crippen molar-refractivity contribution in [1.82, 2.24) is 20.1 Å². The molecule has 0 saturated heterocycles. The number of fused-ring (bicyclic) bond motifs is 1. The molecular weight excluding hydrogens is 532 g/mol. The van der Waals surface area contributed by atoms with Gasteiger partial charge in [0, 0.05) is 56.2 Å². The number of aromatic nitrogens is 3. The first-order valence-corrected chi connectivity index (χ1v) is 15.2. The maximum absolute atomic E-state index is 13.8. The zero-order chi connectivity index (χ0) is 30.6. The maximum Gasteiger partial charge on any atom is 0.256 e. The van der Waals surface area contributed by atoms with Gasteiger partial charge in [0.05, 0.1) is 63.4 Å². The number of hydrogen-bond donors (Lipinski definition) is 2. The number of nitrogens with one attached hydrogen (secondary N) is 2. The molecule has 3 aromatic rings. The average Bonchev–Trinajstić information content (AvgIpc) is 3.35. The molecule has 230 valence electrons. The number of rotatable bonds is 12. The molecule has 2 heterocycles. The molecule has 10 heteroatoms. The van der Waals surface area contributed by atoms with Gasteiger partial charge in [-0.1, -0.05) is 6.92 Å². The van der Waals surface area contributed by atoms with Crippen LogP contribution in [-0.2, 0) is 24.8 Å². The number of carbonyl (C=O) groups is 1. The van der Waals surface area contributed by atoms with Gasteiger partial charge in [-0.25, -0.2) is 0 Å². The van der Waals surface area contributed by atoms with Gasteiger partial charge in [-0.15, -0.1) is 0 Å². The number of aryl methyl sites for hydroxylation is 2. The predicted octanol–water partition coefficient (Wildman–Crippen LogP) is 3.93. The van der Waals surface area contributed by atoms with Crippen LogP contribution in [0.4, 0.5) is 5.69 Å². The normalized spacial score (nSPS) is 17.4. The zero-order valence-corrected chi connectivity index (χ0v) is 26.7. The summed E-state index contributed by atoms with van der Waals surface area (Å²) in [6.07, 6.45) is 7.14. The molecule has 0 bridgehead atoms. The molecule has 0 aliphatic heterocycles. The van der Waals surface area contributed by atoms with Crippen molar-refractivity contribution in [3.8, 4) is 5.75 Å². The third-order valence-electron chi connectivity index (χ3n) is 9.20. The summed E-state index contributed by atoms with van der Waals surface area (Å²) in [5, 5.41) is 8.66. The Hall–Kier alpha value is -3.37. The van der Waals surface area contributed by atoms with E-state index in [0.717, 1.165) is 72.0 Å². The van der Waals surface area contributed by atoms with E-state index in [1.165, 1.54) is 7.11 Å². The number of quaternary nitrogens is 1. The number of amides is 1. The number of likely N-dealkylation sites (N-methyl/N-ethyl adjacent to an activating group) is 1. The Morgan fingerprint density at radius 3 is 2.50 bits per heavy atom. The van der Waals surface area contributed by atoms with E-state index in [-0.39, 0.29) is 18.0 Å². The van der Waals surface area contributed by atoms with Gasteiger partial charge in [-0.2, -0.15) is 5.10 Å². The number of nitrogens with zero attached hydrogens (tertiary/aromatic N) is 4. The quantitative estimate of drug-likeness (QED) is 0.315. The second kappa shape index (κ2) is 13.3. The summed E-state index contributed by atoms with van der Waals surface area (Å²) in [5.41, 5.74) is 4.50. The van der Waals surface area contributed by atoms with Crippen LogP contribution in [0.25, 0.3) is 10.9 Å². The Kier molecular flexibility index (Phi) is 9.99. The maximum atomic E-state index is 13.8. The largest absolute Gasteiger partial charge is 0.496 e. The van der Waals surface area contributed by atoms with E-state index in [2.05, 4.69) is 48.2 Å². The van der Waals surface area contributed by atoms with Crippen LogP contribution in [0.5, 0.6) is 5.75 Å². The third-order valence-corrected chi connectivity index (χ3v) is 9.20. The minimum atomic E-state index is -0.262. The van der Waals surface area contributed by atoms with Gasteiger partial charge in [0.2, 0.25) is 0 Å². The minimum Gasteiger partial charge on any atom is -0.496 e. The van der Waals surface area contributed by atoms with E-state index in [4.69, 9.17) is 9.47 Å². The van der Waals surface area contributed by atoms with Crippen LogP contribution in [0.3, 0.4) is 0 Å². The van der Waals surface area contributed by atoms with Gasteiger partial charge in [0.25, 0.3) is 11.5 Å². The third kappa shape index (κ3) is 6.34. The van der Waals surface area contributed by atoms with Crippen LogP contribution >= 0.6 is 0 Å². The second-order valence-corrected chi connectivity index (χ2v) is 12.1. The van der Waals surface area contributed by atoms with Crippen LogP contribution in [-0.4, -0.2) is 85.2 Å². The first kappa shape index (κ1) is 31.6. The fraction of sp³-hybridized carbons (Fsp3) is 0.594. The molecule has 1 aliphatic carbocycles. The van der Waals surface area contributed by atoms with Gasteiger partial charge >= 0.3 is 0 Å². The lowest BCUT2D eigenvalue weighted by Crippen LogP contribution is -2.53. The number of H-pyrrole nitrogens is 1. The second-order valence-electron chi connectivity index (χ2n) is 12.1. The molecule has 2 aromatic heterocycles. The van der Waals surface area contributed by atoms with Crippen molar-refractivity contribution in [2.75, 3.05) is 52.9 Å². The first-order chi connectivity index (χ1) is 20.1. The summed E-state index contributed by atoms with van der Waals surface area (Å²) in [6.45, 7) is 8.80. The molecule has 1 aromatic carbocycles. The van der Waals surface area contributed by atoms with E-state index in [0.29, 0.717) is 41.1 Å². The van der Waals surface area contributed by atoms with Gasteiger partial charge in [-0.05, 0) is 50.8 Å². The van der Waals surface area contributed by atoms with Crippen molar-refractivity contribution in [2.24, 2.45) is 7.05 Å². The molecule has 1 aliphatic rings. The van der Waals surface area contributed by atoms with Gasteiger partial charge < -0.3 is 29.2 Å². The number of ether oxygens (including phenoxy) is 2. The Morgan fingerprint density at radius 1 is 1.17 bits per heavy atom. The fourth-order valence-corrected chi connectivity index (χ4v) is 6.68. The molecule has 0 atom stereocenters. The van der Waals surface area contributed by atoms with E-state index >= 15 is 0 Å². The van der Waals surface area contributed by atoms with Gasteiger partial charge in [0.1, 0.15) is 12.3 Å². The number of aromatic amines is 1. The lowest BCUT2D eigenvalue weighted by Gasteiger charge is -2.44. The van der Waals surface area contributed by atoms with Crippen molar-refractivity contribution in [1.29, 1.82) is 0 Å². The summed E-state index contributed by atoms with van der Waals surface area (Å²) in [5.74, 6) is 0.252. The van der Waals surface area contributed by atoms with Crippen LogP contribution in [0.1, 0.15) is 66.7 Å². The molecule has 42 heavy (non-hydrogen) atoms. The minimum absolute atomic E-state index is 0.0676. The summed E-state index contributed by atoms with van der Waals surface area (Å²) in [4.78, 5) is 31.8. The molecule has 0 radical (unpaired) electrons. The van der Waals surface area contributed by atoms with Crippen molar-refractivity contribution < 1.29 is 18.8 Å². The molecule has 1 amide bonds. The molecule has 1 fully saturated rings. The van der Waals surface area contributed by atoms with E-state index in [1.54, 1.807) is 20.1 Å². The topological polar surface area (TPSA) is 101 Å². The molecule has 10 nitrogen and oxygen atoms in total. The Bertz CT molecular complexity index is 1450. The average molecular weight is 582 g/mol. The predicted molar refractivity (Wildman–Crippen MR) is 168 cm³/mol. The van der Waals surface area contributed by atoms with Crippen LogP contribution in [0.15, 0.2) is 23.1 Å². The van der Waals surface area contributed by atoms with E-state index in [9.17, 15) is 9.59 Å². The highest BCUT2D eigenvalue weighted by Gasteiger charge is 2.35. The van der Waals surface area contributed by atoms with E-state index in [1.807, 2.05) is 24.0 Å². The van der Waals surface area contributed by atoms with Crippen molar-refractivity contribution in [3.05, 3.63) is 51.1 Å². The number of methoxy groups -OCH3 is 2. The van der Waals surface area contributed by atoms with Crippen LogP contribution < -0.4 is 20.5 Å². The fourth-order valence-electron chi connectivity index (χ4n) is 6.68. The Morgan fingerprint density at radius 2 is 1.88 bits per heavy atom. The summed E-state index contributed by atoms with van der Waals surface area (Å²) >= 11 is 0. The number of pyridine rings is 1. The monoisotopic (exact) mass is 581 g/mol. The Balaban J connectivity index is 1.66. The summed E-state index contributed by atoms with van der Waals surface area (Å²) in [7, 11) is 9.85. The molecule has 0 unspecified atom stereocenters. The number of hydrogen-bond acceptors (Lipinski definition) is 6. The number of benzene rings is 1. The molecular formula is C32H49N6O4+. The summed E-state index contributed by atoms with van der Waals surface area (Å²) in [6, 6.07) is 4.71. The highest BCUT2D eigenvalue weighted by Crippen LogP contribution is 2.39. The summed E-state index contributed by atoms with van der Waals surface area (Å²) < 4.78 is 13.6. The van der Waals surface area contributed by atoms with Crippen LogP contribution in [0, 0.1) is 6.92 Å². The van der Waals surface area contributed by atoms with Gasteiger partial charge in [0.15, 0.2) is 0 Å². The smallest absolute Gasteiger partial charge is 0.256 e. The lowest BCUT2D eigenvalue weighted by molar-refractivity contribution is -0.916. The molecule has 4 rings (SSSR count). The zero-order valence-electron chi connectivity index (χ0n) is 26.7. The van der Waals surface area contributed by atoms with Crippen molar-refractivity contribution in [2.45, 2.75) is 71.5 Å². The van der Waals surface area contributed by atoms with E-state index < -0.39 is 0 Å². The highest BCUT2D eigenvalue weighted by atomic mass is 16.5. The lowest BCUT2D eigenvalue weighted by atomic mass is 9.87. The number of carbonyl (C=O) groups excluding carboxylic acids is 1. The molecule has 1 saturated carbocycles. The van der Waals surface area contributed by atoms with Gasteiger partial charge in [-0.3, -0.25) is 14.3 Å². The highest BCUT2D eigenvalue weighted by molar-refractivity contribution is 6.05. The SMILES string of the molecule is CCc1c(C(=O)NCc2c(OC)cc(C)[nH]c2=O)cc2c(cnn2C)c1N(CC)C1CCC([N+](C)(C)CCOC)CC1. The molecule has 0 spiro atoms. The van der Waals surface area contributed by atoms with Crippen LogP contribution in [0.2, 0.25) is 0 Å². The van der Waals surface area contributed by atoms with Crippen molar-refractivity contribution >= 4 is 22.5 Å². The first-order valence-electron chi connectivity index (χ1n) is 15.2. The number of anilines is 1.